The standard InChI is InChI=1S/C21H24N6O6/c22-15-7-2-1-6-14(15)20(32)33-9-8-16(19(30)31)27-17(28)11-25-18(29)12-4-3-5-13(10-12)26-21(23)24/h1-7,10,16H,8-9,11,22H2,(H,25,29)(H,27,28)(H,30,31)(H4,23,24,26). The first-order valence-electron chi connectivity index (χ1n) is 9.69. The fourth-order valence-electron chi connectivity index (χ4n) is 2.66. The molecule has 12 nitrogen and oxygen atoms in total. The lowest BCUT2D eigenvalue weighted by molar-refractivity contribution is -0.142. The Hall–Kier alpha value is -4.61. The van der Waals surface area contributed by atoms with Crippen LogP contribution in [0, 0.1) is 0 Å². The van der Waals surface area contributed by atoms with Gasteiger partial charge >= 0.3 is 11.9 Å². The van der Waals surface area contributed by atoms with E-state index in [-0.39, 0.29) is 35.8 Å². The van der Waals surface area contributed by atoms with Crippen molar-refractivity contribution < 1.29 is 29.0 Å². The van der Waals surface area contributed by atoms with Gasteiger partial charge in [-0.3, -0.25) is 9.59 Å². The summed E-state index contributed by atoms with van der Waals surface area (Å²) in [5.41, 5.74) is 17.2. The van der Waals surface area contributed by atoms with Gasteiger partial charge in [-0.15, -0.1) is 0 Å². The van der Waals surface area contributed by atoms with Gasteiger partial charge in [-0.25, -0.2) is 14.6 Å². The van der Waals surface area contributed by atoms with Crippen LogP contribution >= 0.6 is 0 Å². The third-order valence-corrected chi connectivity index (χ3v) is 4.23. The largest absolute Gasteiger partial charge is 0.480 e. The van der Waals surface area contributed by atoms with Gasteiger partial charge in [-0.1, -0.05) is 18.2 Å². The molecule has 0 bridgehead atoms. The van der Waals surface area contributed by atoms with Crippen LogP contribution in [0.15, 0.2) is 53.5 Å². The summed E-state index contributed by atoms with van der Waals surface area (Å²) in [6.45, 7) is -0.746. The van der Waals surface area contributed by atoms with Gasteiger partial charge in [0.05, 0.1) is 24.4 Å². The molecule has 0 aromatic heterocycles. The smallest absolute Gasteiger partial charge is 0.340 e. The molecule has 0 aliphatic carbocycles. The highest BCUT2D eigenvalue weighted by Gasteiger charge is 2.21. The highest BCUT2D eigenvalue weighted by Crippen LogP contribution is 2.14. The van der Waals surface area contributed by atoms with Crippen molar-refractivity contribution in [1.82, 2.24) is 10.6 Å². The lowest BCUT2D eigenvalue weighted by Crippen LogP contribution is -2.46. The van der Waals surface area contributed by atoms with Gasteiger partial charge < -0.3 is 37.7 Å². The van der Waals surface area contributed by atoms with Crippen molar-refractivity contribution in [2.45, 2.75) is 12.5 Å². The fourth-order valence-corrected chi connectivity index (χ4v) is 2.66. The van der Waals surface area contributed by atoms with Crippen LogP contribution in [0.25, 0.3) is 0 Å². The molecule has 0 saturated carbocycles. The van der Waals surface area contributed by atoms with Crippen molar-refractivity contribution in [3.63, 3.8) is 0 Å². The predicted molar refractivity (Wildman–Crippen MR) is 120 cm³/mol. The van der Waals surface area contributed by atoms with Crippen molar-refractivity contribution in [2.75, 3.05) is 18.9 Å². The molecule has 0 fully saturated rings. The number of carboxylic acid groups (broad SMARTS) is 1. The van der Waals surface area contributed by atoms with E-state index in [2.05, 4.69) is 15.6 Å². The first-order valence-corrected chi connectivity index (χ1v) is 9.69. The highest BCUT2D eigenvalue weighted by molar-refractivity contribution is 5.98. The van der Waals surface area contributed by atoms with Crippen LogP contribution in [-0.2, 0) is 14.3 Å². The average Bonchev–Trinajstić information content (AvgIpc) is 2.76. The zero-order valence-electron chi connectivity index (χ0n) is 17.5. The molecule has 0 aliphatic heterocycles. The molecule has 0 aliphatic rings. The van der Waals surface area contributed by atoms with Gasteiger partial charge in [0.25, 0.3) is 5.91 Å². The molecule has 0 radical (unpaired) electrons. The average molecular weight is 456 g/mol. The molecule has 33 heavy (non-hydrogen) atoms. The number of hydrogen-bond donors (Lipinski definition) is 6. The molecule has 2 aromatic carbocycles. The number of carbonyl (C=O) groups is 4. The molecule has 2 rings (SSSR count). The van der Waals surface area contributed by atoms with E-state index < -0.39 is 36.3 Å². The van der Waals surface area contributed by atoms with Crippen LogP contribution < -0.4 is 27.8 Å². The van der Waals surface area contributed by atoms with E-state index >= 15 is 0 Å². The number of ether oxygens (including phenoxy) is 1. The monoisotopic (exact) mass is 456 g/mol. The Morgan fingerprint density at radius 3 is 2.45 bits per heavy atom. The molecule has 0 heterocycles. The molecule has 0 saturated heterocycles. The van der Waals surface area contributed by atoms with Crippen molar-refractivity contribution in [2.24, 2.45) is 16.5 Å². The summed E-state index contributed by atoms with van der Waals surface area (Å²) < 4.78 is 5.03. The maximum absolute atomic E-state index is 12.2. The van der Waals surface area contributed by atoms with Crippen molar-refractivity contribution in [1.29, 1.82) is 0 Å². The molecular weight excluding hydrogens is 432 g/mol. The Kier molecular flexibility index (Phi) is 8.74. The number of aliphatic carboxylic acids is 1. The Morgan fingerprint density at radius 2 is 1.79 bits per heavy atom. The van der Waals surface area contributed by atoms with Crippen LogP contribution in [0.1, 0.15) is 27.1 Å². The second-order valence-corrected chi connectivity index (χ2v) is 6.74. The number of nitrogens with zero attached hydrogens (tertiary/aromatic N) is 1. The number of nitrogen functional groups attached to an aromatic ring is 1. The number of guanidine groups is 1. The summed E-state index contributed by atoms with van der Waals surface area (Å²) in [6, 6.07) is 11.0. The van der Waals surface area contributed by atoms with Gasteiger partial charge in [0, 0.05) is 17.7 Å². The number of hydrogen-bond acceptors (Lipinski definition) is 7. The third-order valence-electron chi connectivity index (χ3n) is 4.23. The maximum Gasteiger partial charge on any atom is 0.340 e. The van der Waals surface area contributed by atoms with Crippen molar-refractivity contribution in [3.8, 4) is 0 Å². The van der Waals surface area contributed by atoms with E-state index in [1.165, 1.54) is 24.3 Å². The van der Waals surface area contributed by atoms with Gasteiger partial charge in [-0.05, 0) is 30.3 Å². The third kappa shape index (κ3) is 7.86. The molecular formula is C21H24N6O6. The van der Waals surface area contributed by atoms with E-state index in [4.69, 9.17) is 21.9 Å². The first-order chi connectivity index (χ1) is 15.7. The van der Waals surface area contributed by atoms with Gasteiger partial charge in [0.2, 0.25) is 5.91 Å². The molecule has 2 aromatic rings. The number of anilines is 1. The Morgan fingerprint density at radius 1 is 1.06 bits per heavy atom. The number of nitrogens with two attached hydrogens (primary N) is 3. The quantitative estimate of drug-likeness (QED) is 0.120. The summed E-state index contributed by atoms with van der Waals surface area (Å²) >= 11 is 0. The van der Waals surface area contributed by atoms with Crippen molar-refractivity contribution in [3.05, 3.63) is 59.7 Å². The lowest BCUT2D eigenvalue weighted by atomic mass is 10.2. The number of carbonyl (C=O) groups excluding carboxylic acids is 3. The predicted octanol–water partition coefficient (Wildman–Crippen LogP) is -0.280. The van der Waals surface area contributed by atoms with Crippen LogP contribution in [0.2, 0.25) is 0 Å². The van der Waals surface area contributed by atoms with E-state index in [1.54, 1.807) is 24.3 Å². The van der Waals surface area contributed by atoms with Crippen molar-refractivity contribution >= 4 is 41.1 Å². The van der Waals surface area contributed by atoms with Crippen LogP contribution in [0.5, 0.6) is 0 Å². The molecule has 1 unspecified atom stereocenters. The molecule has 9 N–H and O–H groups in total. The number of rotatable bonds is 10. The topological polar surface area (TPSA) is 212 Å². The number of para-hydroxylation sites is 1. The Balaban J connectivity index is 1.84. The number of aliphatic imine (C=N–C) groups is 1. The van der Waals surface area contributed by atoms with Crippen LogP contribution in [-0.4, -0.2) is 54.0 Å². The second-order valence-electron chi connectivity index (χ2n) is 6.74. The number of esters is 1. The summed E-state index contributed by atoms with van der Waals surface area (Å²) in [5.74, 6) is -3.54. The molecule has 12 heteroatoms. The minimum atomic E-state index is -1.33. The maximum atomic E-state index is 12.2. The highest BCUT2D eigenvalue weighted by atomic mass is 16.5. The normalized spacial score (nSPS) is 11.0. The SMILES string of the molecule is NC(N)=Nc1cccc(C(=O)NCC(=O)NC(CCOC(=O)c2ccccc2N)C(=O)O)c1. The molecule has 2 amide bonds. The van der Waals surface area contributed by atoms with Crippen LogP contribution in [0.3, 0.4) is 0 Å². The van der Waals surface area contributed by atoms with E-state index in [0.717, 1.165) is 0 Å². The lowest BCUT2D eigenvalue weighted by Gasteiger charge is -2.15. The van der Waals surface area contributed by atoms with Gasteiger partial charge in [-0.2, -0.15) is 0 Å². The second kappa shape index (κ2) is 11.7. The summed E-state index contributed by atoms with van der Waals surface area (Å²) in [4.78, 5) is 51.6. The number of carboxylic acids is 1. The Bertz CT molecular complexity index is 1070. The van der Waals surface area contributed by atoms with E-state index in [9.17, 15) is 24.3 Å². The van der Waals surface area contributed by atoms with E-state index in [1.807, 2.05) is 0 Å². The van der Waals surface area contributed by atoms with E-state index in [0.29, 0.717) is 5.69 Å². The first kappa shape index (κ1) is 24.7. The fraction of sp³-hybridized carbons (Fsp3) is 0.190. The Labute approximate surface area is 188 Å². The van der Waals surface area contributed by atoms with Gasteiger partial charge in [0.15, 0.2) is 5.96 Å². The zero-order chi connectivity index (χ0) is 24.4. The summed E-state index contributed by atoms with van der Waals surface area (Å²) in [6.07, 6.45) is -0.186. The number of nitrogens with one attached hydrogen (secondary N) is 2. The summed E-state index contributed by atoms with van der Waals surface area (Å²) in [7, 11) is 0. The van der Waals surface area contributed by atoms with Gasteiger partial charge in [0.1, 0.15) is 6.04 Å². The zero-order valence-corrected chi connectivity index (χ0v) is 17.5. The summed E-state index contributed by atoms with van der Waals surface area (Å²) in [5, 5.41) is 13.9. The molecule has 0 spiro atoms. The minimum Gasteiger partial charge on any atom is -0.480 e. The molecule has 1 atom stereocenters. The minimum absolute atomic E-state index is 0.153. The number of benzene rings is 2. The van der Waals surface area contributed by atoms with Crippen LogP contribution in [0.4, 0.5) is 11.4 Å². The number of amides is 2. The molecule has 174 valence electrons.